The number of fused-ring (bicyclic) bond motifs is 1. The molecule has 0 saturated heterocycles. The second-order valence-electron chi connectivity index (χ2n) is 7.73. The molecular weight excluding hydrogens is 460 g/mol. The number of aromatic nitrogens is 3. The summed E-state index contributed by atoms with van der Waals surface area (Å²) in [6, 6.07) is 23.6. The normalized spacial score (nSPS) is 11.5. The van der Waals surface area contributed by atoms with Gasteiger partial charge in [-0.15, -0.1) is 0 Å². The van der Waals surface area contributed by atoms with Crippen LogP contribution in [0.1, 0.15) is 16.2 Å². The van der Waals surface area contributed by atoms with Crippen molar-refractivity contribution in [3.8, 4) is 22.4 Å². The van der Waals surface area contributed by atoms with Gasteiger partial charge in [0.15, 0.2) is 17.0 Å². The van der Waals surface area contributed by atoms with Gasteiger partial charge in [-0.25, -0.2) is 13.9 Å². The molecule has 9 heteroatoms. The van der Waals surface area contributed by atoms with E-state index in [2.05, 4.69) is 15.4 Å². The van der Waals surface area contributed by atoms with Gasteiger partial charge in [0.05, 0.1) is 5.69 Å². The lowest BCUT2D eigenvalue weighted by atomic mass is 10.1. The average Bonchev–Trinajstić information content (AvgIpc) is 3.29. The highest BCUT2D eigenvalue weighted by Crippen LogP contribution is 2.32. The highest BCUT2D eigenvalue weighted by molar-refractivity contribution is 6.03. The first-order valence-electron chi connectivity index (χ1n) is 10.5. The van der Waals surface area contributed by atoms with Crippen molar-refractivity contribution in [3.63, 3.8) is 0 Å². The highest BCUT2D eigenvalue weighted by Gasteiger charge is 2.35. The number of nitrogens with zero attached hydrogens (tertiary/aromatic N) is 3. The quantitative estimate of drug-likeness (QED) is 0.302. The van der Waals surface area contributed by atoms with Gasteiger partial charge < -0.3 is 5.32 Å². The monoisotopic (exact) mass is 476 g/mol. The van der Waals surface area contributed by atoms with Crippen molar-refractivity contribution in [2.24, 2.45) is 0 Å². The fourth-order valence-corrected chi connectivity index (χ4v) is 3.63. The molecule has 5 rings (SSSR count). The molecule has 1 N–H and O–H groups in total. The molecular formula is C26H16F4N4O. The minimum absolute atomic E-state index is 0.0202. The topological polar surface area (TPSA) is 59.3 Å². The lowest BCUT2D eigenvalue weighted by Gasteiger charge is -2.11. The van der Waals surface area contributed by atoms with E-state index in [1.807, 2.05) is 42.5 Å². The number of anilines is 1. The summed E-state index contributed by atoms with van der Waals surface area (Å²) in [5.41, 5.74) is 1.20. The molecule has 2 heterocycles. The molecule has 5 nitrogen and oxygen atoms in total. The van der Waals surface area contributed by atoms with Gasteiger partial charge in [0, 0.05) is 17.3 Å². The molecule has 5 aromatic rings. The third-order valence-electron chi connectivity index (χ3n) is 5.34. The minimum Gasteiger partial charge on any atom is -0.321 e. The zero-order chi connectivity index (χ0) is 24.6. The third kappa shape index (κ3) is 4.61. The SMILES string of the molecule is O=C(Nc1ccc(-c2ccccc2)cc1)c1cc2nc(-c3ccc(F)cc3)cc(C(F)(F)F)n2n1. The van der Waals surface area contributed by atoms with Crippen molar-refractivity contribution in [2.45, 2.75) is 6.18 Å². The fraction of sp³-hybridized carbons (Fsp3) is 0.0385. The van der Waals surface area contributed by atoms with E-state index in [0.717, 1.165) is 29.3 Å². The van der Waals surface area contributed by atoms with Crippen LogP contribution in [0.15, 0.2) is 91.0 Å². The highest BCUT2D eigenvalue weighted by atomic mass is 19.4. The summed E-state index contributed by atoms with van der Waals surface area (Å²) in [6.07, 6.45) is -4.76. The van der Waals surface area contributed by atoms with Gasteiger partial charge in [-0.05, 0) is 53.6 Å². The summed E-state index contributed by atoms with van der Waals surface area (Å²) in [7, 11) is 0. The van der Waals surface area contributed by atoms with E-state index in [4.69, 9.17) is 0 Å². The molecule has 0 aliphatic carbocycles. The van der Waals surface area contributed by atoms with Crippen molar-refractivity contribution >= 4 is 17.2 Å². The van der Waals surface area contributed by atoms with Crippen LogP contribution in [0.4, 0.5) is 23.2 Å². The van der Waals surface area contributed by atoms with Crippen molar-refractivity contribution in [3.05, 3.63) is 108 Å². The summed E-state index contributed by atoms with van der Waals surface area (Å²) >= 11 is 0. The van der Waals surface area contributed by atoms with Gasteiger partial charge in [0.2, 0.25) is 0 Å². The lowest BCUT2D eigenvalue weighted by molar-refractivity contribution is -0.142. The van der Waals surface area contributed by atoms with Crippen LogP contribution in [-0.2, 0) is 6.18 Å². The van der Waals surface area contributed by atoms with Crippen LogP contribution in [0.3, 0.4) is 0 Å². The van der Waals surface area contributed by atoms with Gasteiger partial charge in [-0.1, -0.05) is 42.5 Å². The predicted octanol–water partition coefficient (Wildman–Crippen LogP) is 6.47. The Labute approximate surface area is 196 Å². The van der Waals surface area contributed by atoms with Crippen LogP contribution in [0.2, 0.25) is 0 Å². The molecule has 174 valence electrons. The van der Waals surface area contributed by atoms with Gasteiger partial charge >= 0.3 is 6.18 Å². The van der Waals surface area contributed by atoms with Crippen LogP contribution < -0.4 is 5.32 Å². The number of rotatable bonds is 4. The Morgan fingerprint density at radius 2 is 1.43 bits per heavy atom. The summed E-state index contributed by atoms with van der Waals surface area (Å²) < 4.78 is 55.1. The molecule has 1 amide bonds. The van der Waals surface area contributed by atoms with Crippen molar-refractivity contribution in [2.75, 3.05) is 5.32 Å². The zero-order valence-electron chi connectivity index (χ0n) is 17.9. The first kappa shape index (κ1) is 22.3. The van der Waals surface area contributed by atoms with E-state index < -0.39 is 23.6 Å². The molecule has 3 aromatic carbocycles. The van der Waals surface area contributed by atoms with Crippen LogP contribution in [0.5, 0.6) is 0 Å². The average molecular weight is 476 g/mol. The number of hydrogen-bond donors (Lipinski definition) is 1. The maximum atomic E-state index is 13.8. The van der Waals surface area contributed by atoms with Crippen LogP contribution in [0, 0.1) is 5.82 Å². The summed E-state index contributed by atoms with van der Waals surface area (Å²) in [6.45, 7) is 0. The molecule has 35 heavy (non-hydrogen) atoms. The van der Waals surface area contributed by atoms with Gasteiger partial charge in [-0.3, -0.25) is 4.79 Å². The molecule has 0 radical (unpaired) electrons. The second kappa shape index (κ2) is 8.68. The van der Waals surface area contributed by atoms with E-state index in [0.29, 0.717) is 15.8 Å². The molecule has 0 fully saturated rings. The lowest BCUT2D eigenvalue weighted by Crippen LogP contribution is -2.15. The number of carbonyl (C=O) groups excluding carboxylic acids is 1. The summed E-state index contributed by atoms with van der Waals surface area (Å²) in [4.78, 5) is 17.0. The zero-order valence-corrected chi connectivity index (χ0v) is 17.9. The minimum atomic E-state index is -4.76. The maximum absolute atomic E-state index is 13.8. The molecule has 0 bridgehead atoms. The number of carbonyl (C=O) groups is 1. The predicted molar refractivity (Wildman–Crippen MR) is 123 cm³/mol. The third-order valence-corrected chi connectivity index (χ3v) is 5.34. The van der Waals surface area contributed by atoms with Crippen LogP contribution in [0.25, 0.3) is 28.0 Å². The molecule has 0 atom stereocenters. The smallest absolute Gasteiger partial charge is 0.321 e. The fourth-order valence-electron chi connectivity index (χ4n) is 3.63. The number of benzene rings is 3. The van der Waals surface area contributed by atoms with E-state index in [1.54, 1.807) is 12.1 Å². The largest absolute Gasteiger partial charge is 0.433 e. The van der Waals surface area contributed by atoms with Crippen molar-refractivity contribution in [1.29, 1.82) is 0 Å². The standard InChI is InChI=1S/C26H16F4N4O/c27-19-10-6-18(7-11-19)21-14-23(26(28,29)30)34-24(32-21)15-22(33-34)25(35)31-20-12-8-17(9-13-20)16-4-2-1-3-5-16/h1-15H,(H,31,35). The molecule has 0 saturated carbocycles. The maximum Gasteiger partial charge on any atom is 0.433 e. The second-order valence-corrected chi connectivity index (χ2v) is 7.73. The Bertz CT molecular complexity index is 1510. The van der Waals surface area contributed by atoms with E-state index in [1.165, 1.54) is 18.2 Å². The molecule has 0 unspecified atom stereocenters. The van der Waals surface area contributed by atoms with Gasteiger partial charge in [0.1, 0.15) is 5.82 Å². The Kier molecular flexibility index (Phi) is 5.52. The van der Waals surface area contributed by atoms with Crippen LogP contribution in [-0.4, -0.2) is 20.5 Å². The molecule has 0 aliphatic rings. The van der Waals surface area contributed by atoms with Gasteiger partial charge in [0.25, 0.3) is 5.91 Å². The van der Waals surface area contributed by atoms with E-state index in [-0.39, 0.29) is 17.0 Å². The van der Waals surface area contributed by atoms with Gasteiger partial charge in [-0.2, -0.15) is 18.3 Å². The number of nitrogens with one attached hydrogen (secondary N) is 1. The molecule has 0 spiro atoms. The Hall–Kier alpha value is -4.53. The van der Waals surface area contributed by atoms with Crippen molar-refractivity contribution < 1.29 is 22.4 Å². The Morgan fingerprint density at radius 1 is 0.800 bits per heavy atom. The number of amides is 1. The van der Waals surface area contributed by atoms with E-state index in [9.17, 15) is 22.4 Å². The number of hydrogen-bond acceptors (Lipinski definition) is 3. The Morgan fingerprint density at radius 3 is 2.09 bits per heavy atom. The first-order chi connectivity index (χ1) is 16.8. The Balaban J connectivity index is 1.46. The summed E-state index contributed by atoms with van der Waals surface area (Å²) in [5.74, 6) is -1.20. The molecule has 0 aliphatic heterocycles. The summed E-state index contributed by atoms with van der Waals surface area (Å²) in [5, 5.41) is 6.49. The number of halogens is 4. The van der Waals surface area contributed by atoms with Crippen molar-refractivity contribution in [1.82, 2.24) is 14.6 Å². The van der Waals surface area contributed by atoms with Crippen LogP contribution >= 0.6 is 0 Å². The van der Waals surface area contributed by atoms with E-state index >= 15 is 0 Å². The number of alkyl halides is 3. The molecule has 2 aromatic heterocycles. The first-order valence-corrected chi connectivity index (χ1v) is 10.5.